The van der Waals surface area contributed by atoms with Crippen molar-refractivity contribution in [1.82, 2.24) is 0 Å². The molecule has 1 aliphatic carbocycles. The van der Waals surface area contributed by atoms with Crippen molar-refractivity contribution in [3.8, 4) is 5.75 Å². The molecule has 2 nitrogen and oxygen atoms in total. The number of rotatable bonds is 3. The van der Waals surface area contributed by atoms with Gasteiger partial charge >= 0.3 is 0 Å². The lowest BCUT2D eigenvalue weighted by molar-refractivity contribution is 0.0151. The summed E-state index contributed by atoms with van der Waals surface area (Å²) in [5, 5.41) is 9.48. The maximum Gasteiger partial charge on any atom is 0.132 e. The van der Waals surface area contributed by atoms with Crippen molar-refractivity contribution in [2.45, 2.75) is 45.1 Å². The summed E-state index contributed by atoms with van der Waals surface area (Å²) in [7, 11) is 0. The van der Waals surface area contributed by atoms with E-state index in [1.54, 1.807) is 0 Å². The second-order valence-corrected chi connectivity index (χ2v) is 4.90. The van der Waals surface area contributed by atoms with Crippen LogP contribution in [-0.4, -0.2) is 17.3 Å². The molecule has 0 saturated heterocycles. The molecule has 0 spiro atoms. The summed E-state index contributed by atoms with van der Waals surface area (Å²) in [5.41, 5.74) is 2.20. The molecule has 2 heteroatoms. The third-order valence-electron chi connectivity index (χ3n) is 3.62. The first-order chi connectivity index (χ1) is 7.65. The van der Waals surface area contributed by atoms with Crippen LogP contribution in [0.3, 0.4) is 0 Å². The Morgan fingerprint density at radius 1 is 1.19 bits per heavy atom. The minimum Gasteiger partial charge on any atom is -0.485 e. The van der Waals surface area contributed by atoms with Gasteiger partial charge in [0.05, 0.1) is 6.61 Å². The standard InChI is InChI=1S/C14H20O2/c1-11-5-6-13(9-12(11)2)16-14(10-15)7-3-4-8-14/h5-6,9,15H,3-4,7-8,10H2,1-2H3. The predicted molar refractivity (Wildman–Crippen MR) is 64.8 cm³/mol. The number of benzene rings is 1. The van der Waals surface area contributed by atoms with Crippen LogP contribution in [0.2, 0.25) is 0 Å². The molecule has 16 heavy (non-hydrogen) atoms. The highest BCUT2D eigenvalue weighted by Gasteiger charge is 2.35. The summed E-state index contributed by atoms with van der Waals surface area (Å²) in [4.78, 5) is 0. The number of hydrogen-bond acceptors (Lipinski definition) is 2. The van der Waals surface area contributed by atoms with Gasteiger partial charge < -0.3 is 9.84 Å². The largest absolute Gasteiger partial charge is 0.485 e. The Bertz CT molecular complexity index is 365. The van der Waals surface area contributed by atoms with Crippen molar-refractivity contribution >= 4 is 0 Å². The van der Waals surface area contributed by atoms with E-state index in [1.165, 1.54) is 11.1 Å². The zero-order valence-corrected chi connectivity index (χ0v) is 10.1. The Balaban J connectivity index is 2.16. The van der Waals surface area contributed by atoms with E-state index in [2.05, 4.69) is 26.0 Å². The molecule has 1 saturated carbocycles. The number of aliphatic hydroxyl groups is 1. The van der Waals surface area contributed by atoms with E-state index in [0.717, 1.165) is 31.4 Å². The van der Waals surface area contributed by atoms with Gasteiger partial charge in [0.2, 0.25) is 0 Å². The molecule has 0 bridgehead atoms. The van der Waals surface area contributed by atoms with Crippen molar-refractivity contribution in [3.05, 3.63) is 29.3 Å². The SMILES string of the molecule is Cc1ccc(OC2(CO)CCCC2)cc1C. The minimum absolute atomic E-state index is 0.125. The molecule has 0 aliphatic heterocycles. The molecule has 1 N–H and O–H groups in total. The molecular formula is C14H20O2. The fourth-order valence-corrected chi connectivity index (χ4v) is 2.34. The number of hydrogen-bond donors (Lipinski definition) is 1. The summed E-state index contributed by atoms with van der Waals surface area (Å²) in [6.07, 6.45) is 4.25. The molecule has 0 atom stereocenters. The zero-order valence-electron chi connectivity index (χ0n) is 10.1. The van der Waals surface area contributed by atoms with E-state index in [1.807, 2.05) is 6.07 Å². The highest BCUT2D eigenvalue weighted by molar-refractivity contribution is 5.34. The van der Waals surface area contributed by atoms with Crippen molar-refractivity contribution in [2.24, 2.45) is 0 Å². The van der Waals surface area contributed by atoms with Crippen LogP contribution in [0.1, 0.15) is 36.8 Å². The molecule has 2 rings (SSSR count). The maximum absolute atomic E-state index is 9.48. The first kappa shape index (κ1) is 11.5. The molecule has 0 unspecified atom stereocenters. The van der Waals surface area contributed by atoms with Gasteiger partial charge in [0.15, 0.2) is 0 Å². The summed E-state index contributed by atoms with van der Waals surface area (Å²) < 4.78 is 6.00. The highest BCUT2D eigenvalue weighted by Crippen LogP contribution is 2.34. The van der Waals surface area contributed by atoms with E-state index >= 15 is 0 Å². The summed E-state index contributed by atoms with van der Waals surface area (Å²) >= 11 is 0. The number of aliphatic hydroxyl groups excluding tert-OH is 1. The van der Waals surface area contributed by atoms with Gasteiger partial charge in [-0.2, -0.15) is 0 Å². The van der Waals surface area contributed by atoms with Crippen LogP contribution in [0.5, 0.6) is 5.75 Å². The smallest absolute Gasteiger partial charge is 0.132 e. The van der Waals surface area contributed by atoms with Crippen molar-refractivity contribution in [2.75, 3.05) is 6.61 Å². The van der Waals surface area contributed by atoms with Crippen molar-refractivity contribution in [3.63, 3.8) is 0 Å². The Kier molecular flexibility index (Phi) is 3.20. The van der Waals surface area contributed by atoms with Crippen LogP contribution in [0, 0.1) is 13.8 Å². The molecule has 0 aromatic heterocycles. The first-order valence-electron chi connectivity index (χ1n) is 6.02. The Labute approximate surface area is 97.3 Å². The van der Waals surface area contributed by atoms with Crippen LogP contribution < -0.4 is 4.74 Å². The minimum atomic E-state index is -0.318. The maximum atomic E-state index is 9.48. The molecule has 1 aromatic carbocycles. The van der Waals surface area contributed by atoms with Crippen molar-refractivity contribution < 1.29 is 9.84 Å². The van der Waals surface area contributed by atoms with Crippen LogP contribution in [0.4, 0.5) is 0 Å². The molecule has 0 amide bonds. The topological polar surface area (TPSA) is 29.5 Å². The molecule has 88 valence electrons. The van der Waals surface area contributed by atoms with E-state index in [4.69, 9.17) is 4.74 Å². The Hall–Kier alpha value is -1.02. The first-order valence-corrected chi connectivity index (χ1v) is 6.02. The second-order valence-electron chi connectivity index (χ2n) is 4.90. The van der Waals surface area contributed by atoms with Crippen LogP contribution in [0.25, 0.3) is 0 Å². The van der Waals surface area contributed by atoms with Gasteiger partial charge in [-0.25, -0.2) is 0 Å². The third-order valence-corrected chi connectivity index (χ3v) is 3.62. The summed E-state index contributed by atoms with van der Waals surface area (Å²) in [6, 6.07) is 6.13. The van der Waals surface area contributed by atoms with Gasteiger partial charge in [-0.1, -0.05) is 6.07 Å². The monoisotopic (exact) mass is 220 g/mol. The normalized spacial score (nSPS) is 18.7. The average Bonchev–Trinajstić information content (AvgIpc) is 2.73. The summed E-state index contributed by atoms with van der Waals surface area (Å²) in [6.45, 7) is 4.30. The highest BCUT2D eigenvalue weighted by atomic mass is 16.5. The van der Waals surface area contributed by atoms with Gasteiger partial charge in [0, 0.05) is 0 Å². The number of ether oxygens (including phenoxy) is 1. The molecule has 1 fully saturated rings. The van der Waals surface area contributed by atoms with Gasteiger partial charge in [0.1, 0.15) is 11.4 Å². The summed E-state index contributed by atoms with van der Waals surface area (Å²) in [5.74, 6) is 0.888. The van der Waals surface area contributed by atoms with Gasteiger partial charge in [-0.3, -0.25) is 0 Å². The zero-order chi connectivity index (χ0) is 11.6. The quantitative estimate of drug-likeness (QED) is 0.848. The average molecular weight is 220 g/mol. The van der Waals surface area contributed by atoms with Gasteiger partial charge in [-0.15, -0.1) is 0 Å². The molecule has 1 aromatic rings. The molecular weight excluding hydrogens is 200 g/mol. The third kappa shape index (κ3) is 2.22. The lowest BCUT2D eigenvalue weighted by atomic mass is 10.0. The Morgan fingerprint density at radius 2 is 1.88 bits per heavy atom. The molecule has 0 heterocycles. The Morgan fingerprint density at radius 3 is 2.44 bits per heavy atom. The van der Waals surface area contributed by atoms with E-state index in [0.29, 0.717) is 0 Å². The second kappa shape index (κ2) is 4.46. The molecule has 0 radical (unpaired) electrons. The van der Waals surface area contributed by atoms with E-state index in [9.17, 15) is 5.11 Å². The van der Waals surface area contributed by atoms with Gasteiger partial charge in [0.25, 0.3) is 0 Å². The van der Waals surface area contributed by atoms with Crippen molar-refractivity contribution in [1.29, 1.82) is 0 Å². The predicted octanol–water partition coefficient (Wildman–Crippen LogP) is 2.99. The van der Waals surface area contributed by atoms with Crippen LogP contribution in [-0.2, 0) is 0 Å². The van der Waals surface area contributed by atoms with Gasteiger partial charge in [-0.05, 0) is 62.8 Å². The number of aryl methyl sites for hydroxylation is 2. The lowest BCUT2D eigenvalue weighted by Gasteiger charge is -2.28. The van der Waals surface area contributed by atoms with E-state index < -0.39 is 0 Å². The van der Waals surface area contributed by atoms with Crippen LogP contribution >= 0.6 is 0 Å². The lowest BCUT2D eigenvalue weighted by Crippen LogP contribution is -2.36. The van der Waals surface area contributed by atoms with E-state index in [-0.39, 0.29) is 12.2 Å². The fourth-order valence-electron chi connectivity index (χ4n) is 2.34. The molecule has 1 aliphatic rings. The van der Waals surface area contributed by atoms with Crippen LogP contribution in [0.15, 0.2) is 18.2 Å². The fraction of sp³-hybridized carbons (Fsp3) is 0.571.